The van der Waals surface area contributed by atoms with E-state index in [9.17, 15) is 0 Å². The Balaban J connectivity index is 2.03. The van der Waals surface area contributed by atoms with Crippen LogP contribution in [-0.2, 0) is 6.42 Å². The van der Waals surface area contributed by atoms with E-state index >= 15 is 0 Å². The number of hydrogen-bond donors (Lipinski definition) is 0. The largest absolute Gasteiger partial charge is 0.484 e. The highest BCUT2D eigenvalue weighted by Gasteiger charge is 2.37. The summed E-state index contributed by atoms with van der Waals surface area (Å²) in [5, 5.41) is 0.786. The number of fused-ring (bicyclic) bond motifs is 1. The molecule has 2 aromatic carbocycles. The van der Waals surface area contributed by atoms with Crippen molar-refractivity contribution in [2.45, 2.75) is 32.4 Å². The van der Waals surface area contributed by atoms with Crippen LogP contribution in [0.15, 0.2) is 36.4 Å². The smallest absolute Gasteiger partial charge is 0.140 e. The summed E-state index contributed by atoms with van der Waals surface area (Å²) in [6.07, 6.45) is 1.02. The third kappa shape index (κ3) is 2.73. The summed E-state index contributed by atoms with van der Waals surface area (Å²) in [5.41, 5.74) is 5.02. The Morgan fingerprint density at radius 1 is 1.09 bits per heavy atom. The Bertz CT molecular complexity index is 696. The van der Waals surface area contributed by atoms with E-state index in [0.29, 0.717) is 6.04 Å². The molecule has 0 unspecified atom stereocenters. The molecule has 0 aromatic heterocycles. The Labute approximate surface area is 137 Å². The molecule has 0 radical (unpaired) electrons. The van der Waals surface area contributed by atoms with Crippen molar-refractivity contribution >= 4 is 11.6 Å². The molecule has 116 valence electrons. The van der Waals surface area contributed by atoms with Crippen LogP contribution in [0.2, 0.25) is 5.02 Å². The number of nitrogens with zero attached hydrogens (tertiary/aromatic N) is 1. The maximum atomic E-state index is 6.42. The van der Waals surface area contributed by atoms with E-state index in [0.717, 1.165) is 22.8 Å². The van der Waals surface area contributed by atoms with E-state index in [2.05, 4.69) is 45.0 Å². The van der Waals surface area contributed by atoms with Gasteiger partial charge in [-0.15, -0.1) is 0 Å². The molecule has 2 atom stereocenters. The van der Waals surface area contributed by atoms with Gasteiger partial charge in [-0.05, 0) is 74.8 Å². The third-order valence-corrected chi connectivity index (χ3v) is 4.77. The van der Waals surface area contributed by atoms with E-state index < -0.39 is 0 Å². The fourth-order valence-electron chi connectivity index (χ4n) is 3.28. The van der Waals surface area contributed by atoms with Crippen molar-refractivity contribution in [2.24, 2.45) is 0 Å². The first-order chi connectivity index (χ1) is 10.5. The highest BCUT2D eigenvalue weighted by Crippen LogP contribution is 2.40. The molecule has 0 fully saturated rings. The number of para-hydroxylation sites is 1. The minimum atomic E-state index is 0.0171. The van der Waals surface area contributed by atoms with Crippen LogP contribution in [0.25, 0.3) is 0 Å². The molecule has 2 nitrogen and oxygen atoms in total. The van der Waals surface area contributed by atoms with Gasteiger partial charge in [0.25, 0.3) is 0 Å². The normalized spacial score (nSPS) is 20.3. The van der Waals surface area contributed by atoms with Crippen molar-refractivity contribution in [1.29, 1.82) is 0 Å². The topological polar surface area (TPSA) is 12.5 Å². The lowest BCUT2D eigenvalue weighted by molar-refractivity contribution is 0.110. The van der Waals surface area contributed by atoms with Gasteiger partial charge in [-0.1, -0.05) is 29.8 Å². The summed E-state index contributed by atoms with van der Waals surface area (Å²) in [5.74, 6) is 0.949. The van der Waals surface area contributed by atoms with Gasteiger partial charge in [0.2, 0.25) is 0 Å². The van der Waals surface area contributed by atoms with Gasteiger partial charge < -0.3 is 9.64 Å². The molecule has 0 bridgehead atoms. The number of ether oxygens (including phenoxy) is 1. The number of benzene rings is 2. The Kier molecular flexibility index (Phi) is 4.16. The van der Waals surface area contributed by atoms with Crippen molar-refractivity contribution < 1.29 is 4.74 Å². The molecule has 22 heavy (non-hydrogen) atoms. The molecule has 3 heteroatoms. The average Bonchev–Trinajstić information content (AvgIpc) is 2.81. The van der Waals surface area contributed by atoms with Crippen LogP contribution in [0.3, 0.4) is 0 Å². The Morgan fingerprint density at radius 2 is 1.82 bits per heavy atom. The van der Waals surface area contributed by atoms with Crippen LogP contribution in [0.4, 0.5) is 0 Å². The lowest BCUT2D eigenvalue weighted by atomic mass is 10.0. The maximum absolute atomic E-state index is 6.42. The first-order valence-corrected chi connectivity index (χ1v) is 8.03. The van der Waals surface area contributed by atoms with Crippen LogP contribution in [0.1, 0.15) is 28.4 Å². The first kappa shape index (κ1) is 15.4. The second-order valence-corrected chi connectivity index (χ2v) is 6.77. The van der Waals surface area contributed by atoms with Crippen molar-refractivity contribution in [1.82, 2.24) is 4.90 Å². The molecule has 0 N–H and O–H groups in total. The summed E-state index contributed by atoms with van der Waals surface area (Å²) in [7, 11) is 4.23. The zero-order valence-electron chi connectivity index (χ0n) is 13.6. The van der Waals surface area contributed by atoms with E-state index in [4.69, 9.17) is 16.3 Å². The fourth-order valence-corrected chi connectivity index (χ4v) is 3.56. The quantitative estimate of drug-likeness (QED) is 0.823. The van der Waals surface area contributed by atoms with Gasteiger partial charge in [-0.25, -0.2) is 0 Å². The molecule has 1 aliphatic carbocycles. The van der Waals surface area contributed by atoms with Crippen molar-refractivity contribution in [3.8, 4) is 5.75 Å². The van der Waals surface area contributed by atoms with Gasteiger partial charge in [-0.3, -0.25) is 0 Å². The summed E-state index contributed by atoms with van der Waals surface area (Å²) in [4.78, 5) is 2.25. The van der Waals surface area contributed by atoms with E-state index in [1.165, 1.54) is 16.7 Å². The summed E-state index contributed by atoms with van der Waals surface area (Å²) in [6.45, 7) is 4.21. The molecule has 0 saturated carbocycles. The van der Waals surface area contributed by atoms with Gasteiger partial charge in [-0.2, -0.15) is 0 Å². The van der Waals surface area contributed by atoms with Crippen LogP contribution >= 0.6 is 11.6 Å². The highest BCUT2D eigenvalue weighted by molar-refractivity contribution is 6.30. The third-order valence-electron chi connectivity index (χ3n) is 4.55. The van der Waals surface area contributed by atoms with E-state index in [-0.39, 0.29) is 6.10 Å². The minimum Gasteiger partial charge on any atom is -0.484 e. The summed E-state index contributed by atoms with van der Waals surface area (Å²) < 4.78 is 6.42. The second kappa shape index (κ2) is 5.94. The Morgan fingerprint density at radius 3 is 2.50 bits per heavy atom. The predicted molar refractivity (Wildman–Crippen MR) is 91.9 cm³/mol. The van der Waals surface area contributed by atoms with Gasteiger partial charge in [0, 0.05) is 5.02 Å². The van der Waals surface area contributed by atoms with Gasteiger partial charge in [0.15, 0.2) is 0 Å². The number of likely N-dealkylation sites (N-methyl/N-ethyl adjacent to an activating group) is 1. The molecular weight excluding hydrogens is 294 g/mol. The number of aryl methyl sites for hydroxylation is 2. The second-order valence-electron chi connectivity index (χ2n) is 6.33. The van der Waals surface area contributed by atoms with Crippen LogP contribution < -0.4 is 4.74 Å². The molecule has 1 aliphatic rings. The van der Waals surface area contributed by atoms with E-state index in [1.54, 1.807) is 0 Å². The molecule has 3 rings (SSSR count). The Hall–Kier alpha value is -1.51. The van der Waals surface area contributed by atoms with Crippen LogP contribution in [0.5, 0.6) is 5.75 Å². The molecule has 0 aliphatic heterocycles. The van der Waals surface area contributed by atoms with Gasteiger partial charge >= 0.3 is 0 Å². The van der Waals surface area contributed by atoms with Gasteiger partial charge in [0.1, 0.15) is 11.9 Å². The van der Waals surface area contributed by atoms with Crippen molar-refractivity contribution in [3.63, 3.8) is 0 Å². The molecular formula is C19H22ClNO. The van der Waals surface area contributed by atoms with Gasteiger partial charge in [0.05, 0.1) is 6.04 Å². The van der Waals surface area contributed by atoms with Crippen LogP contribution in [0, 0.1) is 13.8 Å². The van der Waals surface area contributed by atoms with Crippen molar-refractivity contribution in [3.05, 3.63) is 63.7 Å². The van der Waals surface area contributed by atoms with Crippen molar-refractivity contribution in [2.75, 3.05) is 14.1 Å². The lowest BCUT2D eigenvalue weighted by Crippen LogP contribution is -2.34. The predicted octanol–water partition coefficient (Wildman–Crippen LogP) is 4.56. The number of rotatable bonds is 3. The summed E-state index contributed by atoms with van der Waals surface area (Å²) in [6, 6.07) is 12.6. The molecule has 0 spiro atoms. The molecule has 0 heterocycles. The van der Waals surface area contributed by atoms with Crippen LogP contribution in [-0.4, -0.2) is 25.0 Å². The number of hydrogen-bond acceptors (Lipinski definition) is 2. The standard InChI is InChI=1S/C19H22ClNO/c1-12-7-5-6-8-18(12)22-19-16-10-14(20)9-13(2)15(16)11-17(19)21(3)4/h5-10,17,19H,11H2,1-4H3/t17-,19-/m0/s1. The average molecular weight is 316 g/mol. The molecule has 0 amide bonds. The SMILES string of the molecule is Cc1ccccc1O[C@H]1c2cc(Cl)cc(C)c2C[C@@H]1N(C)C. The highest BCUT2D eigenvalue weighted by atomic mass is 35.5. The van der Waals surface area contributed by atoms with E-state index in [1.807, 2.05) is 24.3 Å². The monoisotopic (exact) mass is 315 g/mol. The maximum Gasteiger partial charge on any atom is 0.140 e. The molecule has 2 aromatic rings. The zero-order valence-corrected chi connectivity index (χ0v) is 14.3. The first-order valence-electron chi connectivity index (χ1n) is 7.65. The zero-order chi connectivity index (χ0) is 15.9. The molecule has 0 saturated heterocycles. The minimum absolute atomic E-state index is 0.0171. The summed E-state index contributed by atoms with van der Waals surface area (Å²) >= 11 is 6.29. The lowest BCUT2D eigenvalue weighted by Gasteiger charge is -2.28. The fraction of sp³-hybridized carbons (Fsp3) is 0.368. The number of halogens is 1.